The van der Waals surface area contributed by atoms with Crippen LogP contribution in [-0.2, 0) is 65.4 Å². The highest BCUT2D eigenvalue weighted by Gasteiger charge is 2.30. The number of esters is 4. The Morgan fingerprint density at radius 1 is 0.315 bits per heavy atom. The Morgan fingerprint density at radius 3 is 0.798 bits per heavy atom. The standard InChI is InChI=1S/C70H136O17P2/c1-9-63(8)49-41-33-28-29-35-43-51-68(73)81-57-66(86-69(74)52-44-36-26-18-16-14-12-10-11-13-15-17-22-30-38-46-60(2)3)59-85-89(78,79)83-55-64(71)54-82-88(76,77)84-58-65(87-70(75)53-45-37-27-21-24-32-40-48-62(6)7)56-80-67(72)50-42-34-25-20-19-23-31-39-47-61(4)5/h60-66,71H,9-59H2,1-8H3,(H,76,77)(H,78,79)/t63?,64?,65-,66-/m1/s1. The largest absolute Gasteiger partial charge is 0.472 e. The van der Waals surface area contributed by atoms with Crippen molar-refractivity contribution in [2.24, 2.45) is 23.7 Å². The average molecular weight is 1310 g/mol. The smallest absolute Gasteiger partial charge is 0.462 e. The molecule has 0 heterocycles. The Kier molecular flexibility index (Phi) is 58.5. The van der Waals surface area contributed by atoms with Gasteiger partial charge in [-0.05, 0) is 49.4 Å². The van der Waals surface area contributed by atoms with E-state index in [1.807, 2.05) is 0 Å². The number of aliphatic hydroxyl groups excluding tert-OH is 1. The van der Waals surface area contributed by atoms with Crippen molar-refractivity contribution >= 4 is 39.5 Å². The van der Waals surface area contributed by atoms with Crippen molar-refractivity contribution in [2.45, 2.75) is 363 Å². The lowest BCUT2D eigenvalue weighted by molar-refractivity contribution is -0.161. The van der Waals surface area contributed by atoms with E-state index in [9.17, 15) is 43.2 Å². The number of hydrogen-bond donors (Lipinski definition) is 3. The molecule has 0 aromatic carbocycles. The molecule has 0 fully saturated rings. The molecule has 0 aliphatic carbocycles. The summed E-state index contributed by atoms with van der Waals surface area (Å²) in [6.07, 6.45) is 41.9. The molecule has 528 valence electrons. The van der Waals surface area contributed by atoms with Gasteiger partial charge in [0, 0.05) is 25.7 Å². The summed E-state index contributed by atoms with van der Waals surface area (Å²) in [6, 6.07) is 0. The number of carbonyl (C=O) groups excluding carboxylic acids is 4. The topological polar surface area (TPSA) is 237 Å². The molecule has 0 spiro atoms. The number of phosphoric ester groups is 2. The van der Waals surface area contributed by atoms with E-state index >= 15 is 0 Å². The number of phosphoric acid groups is 2. The SMILES string of the molecule is CCC(C)CCCCCCCCC(=O)OC[C@H](COP(=O)(O)OCC(O)COP(=O)(O)OC[C@@H](COC(=O)CCCCCCCCCCC(C)C)OC(=O)CCCCCCCCCC(C)C)OC(=O)CCCCCCCCCCCCCCCCCC(C)C. The van der Waals surface area contributed by atoms with Crippen LogP contribution < -0.4 is 0 Å². The van der Waals surface area contributed by atoms with E-state index < -0.39 is 97.5 Å². The summed E-state index contributed by atoms with van der Waals surface area (Å²) >= 11 is 0. The van der Waals surface area contributed by atoms with Gasteiger partial charge in [0.2, 0.25) is 0 Å². The molecule has 0 aromatic heterocycles. The van der Waals surface area contributed by atoms with E-state index in [4.69, 9.17) is 37.0 Å². The van der Waals surface area contributed by atoms with Crippen LogP contribution in [0.5, 0.6) is 0 Å². The second-order valence-corrected chi connectivity index (χ2v) is 29.8. The fraction of sp³-hybridized carbons (Fsp3) is 0.943. The zero-order valence-electron chi connectivity index (χ0n) is 58.1. The molecule has 0 bridgehead atoms. The predicted octanol–water partition coefficient (Wildman–Crippen LogP) is 19.7. The molecule has 3 N–H and O–H groups in total. The van der Waals surface area contributed by atoms with E-state index in [0.29, 0.717) is 31.6 Å². The third-order valence-electron chi connectivity index (χ3n) is 16.4. The Bertz CT molecular complexity index is 1770. The monoisotopic (exact) mass is 1310 g/mol. The zero-order chi connectivity index (χ0) is 66.1. The number of unbranched alkanes of at least 4 members (excludes halogenated alkanes) is 32. The van der Waals surface area contributed by atoms with Crippen molar-refractivity contribution in [1.82, 2.24) is 0 Å². The molecule has 0 aromatic rings. The molecule has 0 amide bonds. The first-order valence-electron chi connectivity index (χ1n) is 36.2. The molecule has 89 heavy (non-hydrogen) atoms. The van der Waals surface area contributed by atoms with Crippen LogP contribution in [0, 0.1) is 23.7 Å². The second-order valence-electron chi connectivity index (χ2n) is 26.9. The lowest BCUT2D eigenvalue weighted by Gasteiger charge is -2.21. The van der Waals surface area contributed by atoms with Crippen molar-refractivity contribution in [2.75, 3.05) is 39.6 Å². The molecule has 19 heteroatoms. The average Bonchev–Trinajstić information content (AvgIpc) is 3.65. The minimum Gasteiger partial charge on any atom is -0.462 e. The summed E-state index contributed by atoms with van der Waals surface area (Å²) in [5.74, 6) is 0.822. The molecule has 4 unspecified atom stereocenters. The number of ether oxygens (including phenoxy) is 4. The zero-order valence-corrected chi connectivity index (χ0v) is 59.8. The van der Waals surface area contributed by atoms with E-state index in [2.05, 4.69) is 55.4 Å². The molecule has 0 aliphatic rings. The Morgan fingerprint density at radius 2 is 0.539 bits per heavy atom. The molecule has 0 aliphatic heterocycles. The lowest BCUT2D eigenvalue weighted by atomic mass is 10.00. The first-order chi connectivity index (χ1) is 42.6. The van der Waals surface area contributed by atoms with Gasteiger partial charge in [-0.2, -0.15) is 0 Å². The van der Waals surface area contributed by atoms with Crippen LogP contribution in [0.15, 0.2) is 0 Å². The summed E-state index contributed by atoms with van der Waals surface area (Å²) < 4.78 is 68.2. The summed E-state index contributed by atoms with van der Waals surface area (Å²) in [5.41, 5.74) is 0. The summed E-state index contributed by atoms with van der Waals surface area (Å²) in [4.78, 5) is 72.5. The molecular weight excluding hydrogens is 1170 g/mol. The quantitative estimate of drug-likeness (QED) is 0.0222. The van der Waals surface area contributed by atoms with E-state index in [1.165, 1.54) is 141 Å². The first-order valence-corrected chi connectivity index (χ1v) is 39.2. The van der Waals surface area contributed by atoms with Gasteiger partial charge in [-0.3, -0.25) is 37.3 Å². The van der Waals surface area contributed by atoms with Crippen LogP contribution in [0.2, 0.25) is 0 Å². The van der Waals surface area contributed by atoms with Crippen molar-refractivity contribution in [1.29, 1.82) is 0 Å². The van der Waals surface area contributed by atoms with Crippen LogP contribution >= 0.6 is 15.6 Å². The minimum atomic E-state index is -4.95. The Hall–Kier alpha value is -1.94. The van der Waals surface area contributed by atoms with Gasteiger partial charge in [0.1, 0.15) is 19.3 Å². The van der Waals surface area contributed by atoms with Crippen molar-refractivity contribution < 1.29 is 80.2 Å². The van der Waals surface area contributed by atoms with Gasteiger partial charge in [0.25, 0.3) is 0 Å². The van der Waals surface area contributed by atoms with Gasteiger partial charge in [-0.25, -0.2) is 9.13 Å². The van der Waals surface area contributed by atoms with Crippen LogP contribution in [0.25, 0.3) is 0 Å². The van der Waals surface area contributed by atoms with E-state index in [-0.39, 0.29) is 25.7 Å². The molecule has 0 rings (SSSR count). The summed E-state index contributed by atoms with van der Waals surface area (Å²) in [6.45, 7) is 14.0. The maximum Gasteiger partial charge on any atom is 0.472 e. The molecule has 0 saturated heterocycles. The van der Waals surface area contributed by atoms with E-state index in [0.717, 1.165) is 114 Å². The number of aliphatic hydroxyl groups is 1. The lowest BCUT2D eigenvalue weighted by Crippen LogP contribution is -2.30. The highest BCUT2D eigenvalue weighted by Crippen LogP contribution is 2.45. The number of rotatable bonds is 67. The van der Waals surface area contributed by atoms with Crippen LogP contribution in [-0.4, -0.2) is 96.7 Å². The van der Waals surface area contributed by atoms with Crippen LogP contribution in [0.3, 0.4) is 0 Å². The van der Waals surface area contributed by atoms with Gasteiger partial charge < -0.3 is 33.8 Å². The fourth-order valence-electron chi connectivity index (χ4n) is 10.5. The summed E-state index contributed by atoms with van der Waals surface area (Å²) in [7, 11) is -9.90. The Balaban J connectivity index is 5.21. The number of carbonyl (C=O) groups is 4. The van der Waals surface area contributed by atoms with Gasteiger partial charge in [-0.15, -0.1) is 0 Å². The van der Waals surface area contributed by atoms with Gasteiger partial charge >= 0.3 is 39.5 Å². The summed E-state index contributed by atoms with van der Waals surface area (Å²) in [5, 5.41) is 10.6. The molecule has 0 radical (unpaired) electrons. The van der Waals surface area contributed by atoms with Crippen molar-refractivity contribution in [3.05, 3.63) is 0 Å². The van der Waals surface area contributed by atoms with Gasteiger partial charge in [0.15, 0.2) is 12.2 Å². The van der Waals surface area contributed by atoms with Gasteiger partial charge in [0.05, 0.1) is 26.4 Å². The van der Waals surface area contributed by atoms with Gasteiger partial charge in [-0.1, -0.05) is 293 Å². The minimum absolute atomic E-state index is 0.102. The third-order valence-corrected chi connectivity index (χ3v) is 18.3. The van der Waals surface area contributed by atoms with Crippen molar-refractivity contribution in [3.8, 4) is 0 Å². The number of hydrogen-bond acceptors (Lipinski definition) is 15. The molecule has 6 atom stereocenters. The maximum absolute atomic E-state index is 13.0. The third kappa shape index (κ3) is 63.2. The predicted molar refractivity (Wildman–Crippen MR) is 358 cm³/mol. The Labute approximate surface area is 543 Å². The molecule has 17 nitrogen and oxygen atoms in total. The van der Waals surface area contributed by atoms with E-state index in [1.54, 1.807) is 0 Å². The normalized spacial score (nSPS) is 14.6. The first kappa shape index (κ1) is 87.1. The highest BCUT2D eigenvalue weighted by atomic mass is 31.2. The fourth-order valence-corrected chi connectivity index (χ4v) is 12.0. The van der Waals surface area contributed by atoms with Crippen LogP contribution in [0.1, 0.15) is 344 Å². The second kappa shape index (κ2) is 59.8. The van der Waals surface area contributed by atoms with Crippen molar-refractivity contribution in [3.63, 3.8) is 0 Å². The van der Waals surface area contributed by atoms with Crippen LogP contribution in [0.4, 0.5) is 0 Å². The highest BCUT2D eigenvalue weighted by molar-refractivity contribution is 7.47. The maximum atomic E-state index is 13.0. The molecule has 0 saturated carbocycles. The molecular formula is C70H136O17P2.